The second kappa shape index (κ2) is 4.75. The van der Waals surface area contributed by atoms with E-state index in [0.717, 1.165) is 5.57 Å². The van der Waals surface area contributed by atoms with Gasteiger partial charge >= 0.3 is 0 Å². The summed E-state index contributed by atoms with van der Waals surface area (Å²) >= 11 is 0. The van der Waals surface area contributed by atoms with Crippen molar-refractivity contribution < 1.29 is 0 Å². The van der Waals surface area contributed by atoms with Crippen molar-refractivity contribution in [3.05, 3.63) is 24.4 Å². The molecule has 0 rings (SSSR count). The fraction of sp³-hybridized carbons (Fsp3) is 0.455. The Bertz CT molecular complexity index is 252. The smallest absolute Gasteiger partial charge is 0.124 e. The van der Waals surface area contributed by atoms with Gasteiger partial charge in [-0.15, -0.1) is 0 Å². The standard InChI is InChI=1S/C11H18N2/c1-7-10(11(3,4)5)8-13-9(2)12-6/h7-8H,1,6H2,2-5H3/b10-8-,13-9?. The van der Waals surface area contributed by atoms with Crippen molar-refractivity contribution in [2.45, 2.75) is 27.7 Å². The summed E-state index contributed by atoms with van der Waals surface area (Å²) in [5.74, 6) is 0.670. The third kappa shape index (κ3) is 4.41. The highest BCUT2D eigenvalue weighted by Crippen LogP contribution is 2.25. The molecule has 0 spiro atoms. The van der Waals surface area contributed by atoms with Gasteiger partial charge in [-0.25, -0.2) is 9.98 Å². The van der Waals surface area contributed by atoms with Crippen LogP contribution in [0.1, 0.15) is 27.7 Å². The molecule has 0 amide bonds. The van der Waals surface area contributed by atoms with Gasteiger partial charge in [0, 0.05) is 6.20 Å². The summed E-state index contributed by atoms with van der Waals surface area (Å²) < 4.78 is 0. The van der Waals surface area contributed by atoms with E-state index in [2.05, 4.69) is 44.1 Å². The first-order valence-corrected chi connectivity index (χ1v) is 4.26. The molecule has 0 aromatic rings. The van der Waals surface area contributed by atoms with Crippen LogP contribution in [0.2, 0.25) is 0 Å². The van der Waals surface area contributed by atoms with E-state index in [0.29, 0.717) is 5.84 Å². The zero-order valence-electron chi connectivity index (χ0n) is 8.96. The molecule has 2 nitrogen and oxygen atoms in total. The Hall–Kier alpha value is -1.18. The Morgan fingerprint density at radius 2 is 1.85 bits per heavy atom. The maximum absolute atomic E-state index is 4.13. The molecule has 0 unspecified atom stereocenters. The zero-order valence-corrected chi connectivity index (χ0v) is 8.96. The minimum Gasteiger partial charge on any atom is -0.250 e. The lowest BCUT2D eigenvalue weighted by atomic mass is 9.87. The second-order valence-electron chi connectivity index (χ2n) is 3.87. The van der Waals surface area contributed by atoms with Gasteiger partial charge in [0.1, 0.15) is 5.84 Å². The van der Waals surface area contributed by atoms with Crippen LogP contribution in [-0.4, -0.2) is 12.6 Å². The molecule has 72 valence electrons. The lowest BCUT2D eigenvalue weighted by Gasteiger charge is -2.18. The van der Waals surface area contributed by atoms with E-state index in [9.17, 15) is 0 Å². The molecule has 0 aliphatic carbocycles. The zero-order chi connectivity index (χ0) is 10.5. The molecular formula is C11H18N2. The fourth-order valence-corrected chi connectivity index (χ4v) is 0.756. The number of hydrogen-bond acceptors (Lipinski definition) is 1. The van der Waals surface area contributed by atoms with E-state index in [-0.39, 0.29) is 5.41 Å². The molecule has 0 fully saturated rings. The average molecular weight is 178 g/mol. The molecule has 0 saturated heterocycles. The molecule has 0 atom stereocenters. The predicted octanol–water partition coefficient (Wildman–Crippen LogP) is 3.22. The number of amidine groups is 1. The number of allylic oxidation sites excluding steroid dienone is 2. The summed E-state index contributed by atoms with van der Waals surface area (Å²) in [6.07, 6.45) is 3.61. The molecular weight excluding hydrogens is 160 g/mol. The Kier molecular flexibility index (Phi) is 4.32. The van der Waals surface area contributed by atoms with Gasteiger partial charge in [0.25, 0.3) is 0 Å². The minimum atomic E-state index is 0.0761. The maximum Gasteiger partial charge on any atom is 0.124 e. The summed E-state index contributed by atoms with van der Waals surface area (Å²) in [6.45, 7) is 15.3. The van der Waals surface area contributed by atoms with Crippen molar-refractivity contribution in [2.75, 3.05) is 0 Å². The molecule has 0 N–H and O–H groups in total. The highest BCUT2D eigenvalue weighted by atomic mass is 14.9. The Labute approximate surface area is 80.8 Å². The van der Waals surface area contributed by atoms with Gasteiger partial charge in [0.2, 0.25) is 0 Å². The van der Waals surface area contributed by atoms with Crippen LogP contribution in [0, 0.1) is 5.41 Å². The molecule has 0 aromatic heterocycles. The van der Waals surface area contributed by atoms with E-state index >= 15 is 0 Å². The van der Waals surface area contributed by atoms with Gasteiger partial charge < -0.3 is 0 Å². The van der Waals surface area contributed by atoms with Gasteiger partial charge in [-0.3, -0.25) is 0 Å². The Morgan fingerprint density at radius 3 is 2.15 bits per heavy atom. The summed E-state index contributed by atoms with van der Waals surface area (Å²) in [4.78, 5) is 7.83. The van der Waals surface area contributed by atoms with Crippen molar-refractivity contribution in [1.29, 1.82) is 0 Å². The van der Waals surface area contributed by atoms with Gasteiger partial charge in [-0.2, -0.15) is 0 Å². The molecule has 0 aromatic carbocycles. The fourth-order valence-electron chi connectivity index (χ4n) is 0.756. The van der Waals surface area contributed by atoms with Gasteiger partial charge in [0.05, 0.1) is 0 Å². The Morgan fingerprint density at radius 1 is 1.31 bits per heavy atom. The van der Waals surface area contributed by atoms with Gasteiger partial charge in [-0.1, -0.05) is 33.4 Å². The van der Waals surface area contributed by atoms with Crippen molar-refractivity contribution in [1.82, 2.24) is 0 Å². The Balaban J connectivity index is 4.79. The molecule has 0 saturated carbocycles. The third-order valence-electron chi connectivity index (χ3n) is 1.71. The first-order chi connectivity index (χ1) is 5.91. The number of aliphatic imine (C=N–C) groups is 2. The molecule has 13 heavy (non-hydrogen) atoms. The summed E-state index contributed by atoms with van der Waals surface area (Å²) in [6, 6.07) is 0. The van der Waals surface area contributed by atoms with Crippen molar-refractivity contribution in [3.8, 4) is 0 Å². The average Bonchev–Trinajstić information content (AvgIpc) is 2.02. The van der Waals surface area contributed by atoms with Crippen LogP contribution >= 0.6 is 0 Å². The molecule has 0 aliphatic rings. The maximum atomic E-state index is 4.13. The lowest BCUT2D eigenvalue weighted by molar-refractivity contribution is 0.516. The van der Waals surface area contributed by atoms with Crippen LogP contribution in [-0.2, 0) is 0 Å². The van der Waals surface area contributed by atoms with E-state index in [1.165, 1.54) is 0 Å². The third-order valence-corrected chi connectivity index (χ3v) is 1.71. The van der Waals surface area contributed by atoms with E-state index in [1.807, 2.05) is 13.0 Å². The van der Waals surface area contributed by atoms with E-state index in [4.69, 9.17) is 0 Å². The largest absolute Gasteiger partial charge is 0.250 e. The SMILES string of the molecule is C=C/C(=C/N=C(C)N=C)C(C)(C)C. The summed E-state index contributed by atoms with van der Waals surface area (Å²) in [5, 5.41) is 0. The summed E-state index contributed by atoms with van der Waals surface area (Å²) in [7, 11) is 0. The van der Waals surface area contributed by atoms with Crippen LogP contribution in [0.5, 0.6) is 0 Å². The van der Waals surface area contributed by atoms with Crippen LogP contribution in [0.4, 0.5) is 0 Å². The molecule has 0 heterocycles. The minimum absolute atomic E-state index is 0.0761. The van der Waals surface area contributed by atoms with Crippen LogP contribution in [0.15, 0.2) is 34.4 Å². The molecule has 0 radical (unpaired) electrons. The van der Waals surface area contributed by atoms with Crippen LogP contribution < -0.4 is 0 Å². The topological polar surface area (TPSA) is 24.7 Å². The van der Waals surface area contributed by atoms with Crippen LogP contribution in [0.25, 0.3) is 0 Å². The van der Waals surface area contributed by atoms with Gasteiger partial charge in [0.15, 0.2) is 0 Å². The number of hydrogen-bond donors (Lipinski definition) is 0. The lowest BCUT2D eigenvalue weighted by Crippen LogP contribution is -2.06. The summed E-state index contributed by atoms with van der Waals surface area (Å²) in [5.41, 5.74) is 1.17. The number of nitrogens with zero attached hydrogens (tertiary/aromatic N) is 2. The van der Waals surface area contributed by atoms with Crippen molar-refractivity contribution >= 4 is 12.6 Å². The van der Waals surface area contributed by atoms with E-state index in [1.54, 1.807) is 6.20 Å². The quantitative estimate of drug-likeness (QED) is 0.352. The normalized spacial score (nSPS) is 14.2. The highest BCUT2D eigenvalue weighted by Gasteiger charge is 2.13. The van der Waals surface area contributed by atoms with Crippen molar-refractivity contribution in [3.63, 3.8) is 0 Å². The van der Waals surface area contributed by atoms with Gasteiger partial charge in [-0.05, 0) is 24.6 Å². The van der Waals surface area contributed by atoms with Crippen LogP contribution in [0.3, 0.4) is 0 Å². The first kappa shape index (κ1) is 11.8. The monoisotopic (exact) mass is 178 g/mol. The molecule has 2 heteroatoms. The molecule has 0 aliphatic heterocycles. The molecule has 0 bridgehead atoms. The number of rotatable bonds is 2. The first-order valence-electron chi connectivity index (χ1n) is 4.26. The van der Waals surface area contributed by atoms with E-state index < -0.39 is 0 Å². The second-order valence-corrected chi connectivity index (χ2v) is 3.87. The highest BCUT2D eigenvalue weighted by molar-refractivity contribution is 5.84. The predicted molar refractivity (Wildman–Crippen MR) is 60.4 cm³/mol. The van der Waals surface area contributed by atoms with Crippen molar-refractivity contribution in [2.24, 2.45) is 15.4 Å².